The number of amides is 1. The third kappa shape index (κ3) is 4.51. The number of carbonyl (C=O) groups excluding carboxylic acids is 1. The van der Waals surface area contributed by atoms with Crippen LogP contribution in [0.25, 0.3) is 5.69 Å². The molecule has 7 nitrogen and oxygen atoms in total. The fourth-order valence-corrected chi connectivity index (χ4v) is 4.65. The first-order valence-electron chi connectivity index (χ1n) is 9.91. The van der Waals surface area contributed by atoms with Crippen molar-refractivity contribution in [3.05, 3.63) is 59.9 Å². The SMILES string of the molecule is CC1CC(C)CN(C(=O)c2nnn(-c3ccc(F)cc3)c2CSc2ncccn2)C1. The highest BCUT2D eigenvalue weighted by Crippen LogP contribution is 2.26. The maximum atomic E-state index is 13.4. The van der Waals surface area contributed by atoms with Crippen molar-refractivity contribution in [1.82, 2.24) is 29.9 Å². The monoisotopic (exact) mass is 426 g/mol. The molecule has 4 rings (SSSR count). The summed E-state index contributed by atoms with van der Waals surface area (Å²) in [6.45, 7) is 5.74. The number of hydrogen-bond acceptors (Lipinski definition) is 6. The first kappa shape index (κ1) is 20.5. The van der Waals surface area contributed by atoms with E-state index in [1.165, 1.54) is 23.9 Å². The van der Waals surface area contributed by atoms with Gasteiger partial charge in [0.05, 0.1) is 11.4 Å². The van der Waals surface area contributed by atoms with Crippen LogP contribution in [-0.2, 0) is 5.75 Å². The average molecular weight is 427 g/mol. The third-order valence-electron chi connectivity index (χ3n) is 5.07. The number of thioether (sulfide) groups is 1. The van der Waals surface area contributed by atoms with Crippen molar-refractivity contribution in [1.29, 1.82) is 0 Å². The molecule has 0 N–H and O–H groups in total. The molecular formula is C21H23FN6OS. The molecule has 30 heavy (non-hydrogen) atoms. The zero-order valence-corrected chi connectivity index (χ0v) is 17.7. The fourth-order valence-electron chi connectivity index (χ4n) is 3.86. The molecule has 1 aromatic carbocycles. The molecule has 156 valence electrons. The second kappa shape index (κ2) is 8.91. The summed E-state index contributed by atoms with van der Waals surface area (Å²) < 4.78 is 15.0. The van der Waals surface area contributed by atoms with E-state index in [-0.39, 0.29) is 11.7 Å². The second-order valence-corrected chi connectivity index (χ2v) is 8.69. The summed E-state index contributed by atoms with van der Waals surface area (Å²) in [4.78, 5) is 23.7. The quantitative estimate of drug-likeness (QED) is 0.458. The summed E-state index contributed by atoms with van der Waals surface area (Å²) in [5.41, 5.74) is 1.62. The molecule has 1 saturated heterocycles. The molecule has 1 aliphatic heterocycles. The molecule has 0 aliphatic carbocycles. The minimum absolute atomic E-state index is 0.119. The maximum Gasteiger partial charge on any atom is 0.276 e. The van der Waals surface area contributed by atoms with Crippen molar-refractivity contribution in [2.45, 2.75) is 31.2 Å². The Labute approximate surface area is 178 Å². The van der Waals surface area contributed by atoms with Gasteiger partial charge < -0.3 is 4.90 Å². The molecule has 2 atom stereocenters. The summed E-state index contributed by atoms with van der Waals surface area (Å²) in [5, 5.41) is 9.05. The Balaban J connectivity index is 1.67. The molecule has 1 fully saturated rings. The van der Waals surface area contributed by atoms with Crippen molar-refractivity contribution >= 4 is 17.7 Å². The van der Waals surface area contributed by atoms with Crippen LogP contribution >= 0.6 is 11.8 Å². The molecule has 0 spiro atoms. The van der Waals surface area contributed by atoms with Crippen LogP contribution in [0.15, 0.2) is 47.9 Å². The van der Waals surface area contributed by atoms with Gasteiger partial charge in [0.1, 0.15) is 5.82 Å². The van der Waals surface area contributed by atoms with Gasteiger partial charge in [-0.05, 0) is 48.6 Å². The largest absolute Gasteiger partial charge is 0.337 e. The van der Waals surface area contributed by atoms with E-state index < -0.39 is 0 Å². The summed E-state index contributed by atoms with van der Waals surface area (Å²) in [6.07, 6.45) is 4.46. The predicted octanol–water partition coefficient (Wildman–Crippen LogP) is 3.61. The maximum absolute atomic E-state index is 13.4. The molecule has 9 heteroatoms. The van der Waals surface area contributed by atoms with Crippen LogP contribution in [0.3, 0.4) is 0 Å². The number of benzene rings is 1. The Kier molecular flexibility index (Phi) is 6.08. The summed E-state index contributed by atoms with van der Waals surface area (Å²) >= 11 is 1.40. The van der Waals surface area contributed by atoms with Gasteiger partial charge in [-0.2, -0.15) is 0 Å². The Morgan fingerprint density at radius 1 is 1.13 bits per heavy atom. The second-order valence-electron chi connectivity index (χ2n) is 7.75. The van der Waals surface area contributed by atoms with Crippen LogP contribution in [0.1, 0.15) is 36.5 Å². The van der Waals surface area contributed by atoms with E-state index in [0.717, 1.165) is 6.42 Å². The van der Waals surface area contributed by atoms with Gasteiger partial charge in [-0.15, -0.1) is 5.10 Å². The lowest BCUT2D eigenvalue weighted by molar-refractivity contribution is 0.0616. The summed E-state index contributed by atoms with van der Waals surface area (Å²) in [6, 6.07) is 7.72. The molecule has 3 heterocycles. The average Bonchev–Trinajstić information content (AvgIpc) is 3.16. The Morgan fingerprint density at radius 3 is 2.47 bits per heavy atom. The van der Waals surface area contributed by atoms with E-state index in [9.17, 15) is 9.18 Å². The number of aromatic nitrogens is 5. The van der Waals surface area contributed by atoms with Gasteiger partial charge in [-0.1, -0.05) is 30.8 Å². The molecule has 1 aliphatic rings. The number of nitrogens with zero attached hydrogens (tertiary/aromatic N) is 6. The van der Waals surface area contributed by atoms with Crippen molar-refractivity contribution in [2.24, 2.45) is 11.8 Å². The van der Waals surface area contributed by atoms with E-state index in [4.69, 9.17) is 0 Å². The Bertz CT molecular complexity index is 1000. The van der Waals surface area contributed by atoms with Crippen molar-refractivity contribution < 1.29 is 9.18 Å². The minimum Gasteiger partial charge on any atom is -0.337 e. The molecule has 0 bridgehead atoms. The highest BCUT2D eigenvalue weighted by atomic mass is 32.2. The van der Waals surface area contributed by atoms with Crippen LogP contribution in [-0.4, -0.2) is 48.9 Å². The van der Waals surface area contributed by atoms with Crippen molar-refractivity contribution in [3.8, 4) is 5.69 Å². The van der Waals surface area contributed by atoms with E-state index in [1.807, 2.05) is 4.90 Å². The molecular weight excluding hydrogens is 403 g/mol. The van der Waals surface area contributed by atoms with Gasteiger partial charge in [-0.3, -0.25) is 4.79 Å². The van der Waals surface area contributed by atoms with E-state index >= 15 is 0 Å². The lowest BCUT2D eigenvalue weighted by Gasteiger charge is -2.34. The number of hydrogen-bond donors (Lipinski definition) is 0. The normalized spacial score (nSPS) is 19.1. The zero-order chi connectivity index (χ0) is 21.1. The number of halogens is 1. The van der Waals surface area contributed by atoms with Crippen LogP contribution in [0.4, 0.5) is 4.39 Å². The lowest BCUT2D eigenvalue weighted by atomic mass is 9.91. The lowest BCUT2D eigenvalue weighted by Crippen LogP contribution is -2.43. The van der Waals surface area contributed by atoms with E-state index in [2.05, 4.69) is 34.1 Å². The molecule has 2 unspecified atom stereocenters. The van der Waals surface area contributed by atoms with Crippen molar-refractivity contribution in [2.75, 3.05) is 13.1 Å². The fraction of sp³-hybridized carbons (Fsp3) is 0.381. The molecule has 1 amide bonds. The van der Waals surface area contributed by atoms with E-state index in [1.54, 1.807) is 35.3 Å². The van der Waals surface area contributed by atoms with Crippen LogP contribution in [0.5, 0.6) is 0 Å². The first-order valence-corrected chi connectivity index (χ1v) is 10.9. The Hall–Kier alpha value is -2.81. The van der Waals surface area contributed by atoms with Gasteiger partial charge in [-0.25, -0.2) is 19.0 Å². The minimum atomic E-state index is -0.333. The highest BCUT2D eigenvalue weighted by Gasteiger charge is 2.30. The topological polar surface area (TPSA) is 76.8 Å². The first-order chi connectivity index (χ1) is 14.5. The van der Waals surface area contributed by atoms with E-state index in [0.29, 0.717) is 52.9 Å². The van der Waals surface area contributed by atoms with Gasteiger partial charge in [0.25, 0.3) is 5.91 Å². The standard InChI is InChI=1S/C21H23FN6OS/c1-14-10-15(2)12-27(11-14)20(29)19-18(13-30-21-23-8-3-9-24-21)28(26-25-19)17-6-4-16(22)5-7-17/h3-9,14-15H,10-13H2,1-2H3. The van der Waals surface area contributed by atoms with Crippen LogP contribution < -0.4 is 0 Å². The van der Waals surface area contributed by atoms with Gasteiger partial charge in [0.2, 0.25) is 0 Å². The zero-order valence-electron chi connectivity index (χ0n) is 16.9. The number of carbonyl (C=O) groups is 1. The molecule has 2 aromatic heterocycles. The predicted molar refractivity (Wildman–Crippen MR) is 112 cm³/mol. The summed E-state index contributed by atoms with van der Waals surface area (Å²) in [7, 11) is 0. The van der Waals surface area contributed by atoms with Crippen LogP contribution in [0.2, 0.25) is 0 Å². The third-order valence-corrected chi connectivity index (χ3v) is 5.96. The molecule has 0 radical (unpaired) electrons. The van der Waals surface area contributed by atoms with Gasteiger partial charge in [0, 0.05) is 31.2 Å². The molecule has 0 saturated carbocycles. The number of piperidine rings is 1. The van der Waals surface area contributed by atoms with Gasteiger partial charge >= 0.3 is 0 Å². The highest BCUT2D eigenvalue weighted by molar-refractivity contribution is 7.98. The number of rotatable bonds is 5. The van der Waals surface area contributed by atoms with Crippen molar-refractivity contribution in [3.63, 3.8) is 0 Å². The van der Waals surface area contributed by atoms with Gasteiger partial charge in [0.15, 0.2) is 10.9 Å². The Morgan fingerprint density at radius 2 is 1.80 bits per heavy atom. The summed E-state index contributed by atoms with van der Waals surface area (Å²) in [5.74, 6) is 0.848. The smallest absolute Gasteiger partial charge is 0.276 e. The van der Waals surface area contributed by atoms with Crippen LogP contribution in [0, 0.1) is 17.7 Å². The number of likely N-dealkylation sites (tertiary alicyclic amines) is 1. The molecule has 3 aromatic rings.